The summed E-state index contributed by atoms with van der Waals surface area (Å²) in [5.41, 5.74) is 0. The number of halogens is 2. The van der Waals surface area contributed by atoms with Crippen LogP contribution >= 0.6 is 19.4 Å². The maximum atomic E-state index is 10.6. The fourth-order valence-corrected chi connectivity index (χ4v) is 1.71. The quantitative estimate of drug-likeness (QED) is 0.194. The van der Waals surface area contributed by atoms with Gasteiger partial charge in [0.05, 0.1) is 26.2 Å². The van der Waals surface area contributed by atoms with Crippen molar-refractivity contribution < 1.29 is 106 Å². The second-order valence-corrected chi connectivity index (χ2v) is 7.04. The Morgan fingerprint density at radius 1 is 0.680 bits per heavy atom. The zero-order chi connectivity index (χ0) is 19.1. The van der Waals surface area contributed by atoms with E-state index in [1.807, 2.05) is 0 Å². The van der Waals surface area contributed by atoms with Crippen LogP contribution in [-0.4, -0.2) is 93.4 Å². The Hall–Kier alpha value is 0.640. The van der Waals surface area contributed by atoms with Crippen molar-refractivity contribution in [3.8, 4) is 0 Å². The van der Waals surface area contributed by atoms with Gasteiger partial charge in [0.15, 0.2) is 0 Å². The van der Waals surface area contributed by atoms with Crippen LogP contribution in [0.1, 0.15) is 6.42 Å². The predicted molar refractivity (Wildman–Crippen MR) is 79.7 cm³/mol. The molecule has 0 bridgehead atoms. The largest absolute Gasteiger partial charge is 1.00 e. The van der Waals surface area contributed by atoms with E-state index < -0.39 is 50.1 Å². The minimum Gasteiger partial charge on any atom is 1.00 e. The van der Waals surface area contributed by atoms with Gasteiger partial charge in [-0.1, -0.05) is 0 Å². The summed E-state index contributed by atoms with van der Waals surface area (Å²) in [6, 6.07) is 0. The molecule has 0 amide bonds. The summed E-state index contributed by atoms with van der Waals surface area (Å²) >= 11 is -0.346. The molecule has 0 saturated heterocycles. The predicted octanol–water partition coefficient (Wildman–Crippen LogP) is -3.30. The molecule has 0 aliphatic carbocycles. The minimum atomic E-state index is -1.18. The molecule has 0 radical (unpaired) electrons. The van der Waals surface area contributed by atoms with Crippen molar-refractivity contribution in [1.82, 2.24) is 9.80 Å². The van der Waals surface area contributed by atoms with Crippen LogP contribution in [0.2, 0.25) is 0 Å². The molecule has 143 valence electrons. The van der Waals surface area contributed by atoms with E-state index in [1.165, 1.54) is 9.80 Å². The molecule has 0 spiro atoms. The molecular formula is C11H18Cl2KN2O8Ru. The van der Waals surface area contributed by atoms with Gasteiger partial charge in [0, 0.05) is 13.1 Å². The minimum absolute atomic E-state index is 0. The van der Waals surface area contributed by atoms with E-state index >= 15 is 0 Å². The average molecular weight is 517 g/mol. The van der Waals surface area contributed by atoms with Crippen LogP contribution in [0.25, 0.3) is 0 Å². The van der Waals surface area contributed by atoms with Gasteiger partial charge in [-0.25, -0.2) is 0 Å². The monoisotopic (exact) mass is 517 g/mol. The van der Waals surface area contributed by atoms with Crippen LogP contribution in [0.3, 0.4) is 0 Å². The average Bonchev–Trinajstić information content (AvgIpc) is 2.36. The molecule has 10 nitrogen and oxygen atoms in total. The molecule has 0 fully saturated rings. The molecule has 4 N–H and O–H groups in total. The summed E-state index contributed by atoms with van der Waals surface area (Å²) in [6.45, 7) is -1.61. The Balaban J connectivity index is -0.00000112. The number of hydrogen-bond acceptors (Lipinski definition) is 6. The number of carbonyl (C=O) groups is 4. The second kappa shape index (κ2) is 19.4. The topological polar surface area (TPSA) is 156 Å². The van der Waals surface area contributed by atoms with Crippen LogP contribution in [-0.2, 0) is 34.3 Å². The van der Waals surface area contributed by atoms with Gasteiger partial charge < -0.3 is 20.4 Å². The van der Waals surface area contributed by atoms with Crippen LogP contribution < -0.4 is 51.4 Å². The van der Waals surface area contributed by atoms with E-state index in [0.29, 0.717) is 0 Å². The normalized spacial score (nSPS) is 9.92. The summed E-state index contributed by atoms with van der Waals surface area (Å²) in [5.74, 6) is -4.71. The summed E-state index contributed by atoms with van der Waals surface area (Å²) in [6.07, 6.45) is 0.251. The zero-order valence-electron chi connectivity index (χ0n) is 13.4. The summed E-state index contributed by atoms with van der Waals surface area (Å²) < 4.78 is 0. The van der Waals surface area contributed by atoms with Gasteiger partial charge in [-0.05, 0) is 6.42 Å². The first-order chi connectivity index (χ1) is 11.1. The standard InChI is InChI=1S/C11H18N2O8.2ClH.K.Ru/c14-8(15)4-12(5-9(16)17)2-1-3-13(6-10(18)19)7-11(20)21;;;;/h1-7H2,(H,14,15)(H,16,17)(H,18,19)(H,20,21);2*1H;;/q;;;2*+1/p-2. The van der Waals surface area contributed by atoms with Gasteiger partial charge in [0.25, 0.3) is 0 Å². The molecule has 0 atom stereocenters. The molecule has 0 unspecified atom stereocenters. The Kier molecular flexibility index (Phi) is 23.6. The maximum absolute atomic E-state index is 10.6. The van der Waals surface area contributed by atoms with E-state index in [2.05, 4.69) is 0 Å². The molecular weight excluding hydrogens is 499 g/mol. The van der Waals surface area contributed by atoms with Crippen molar-refractivity contribution in [1.29, 1.82) is 0 Å². The van der Waals surface area contributed by atoms with Crippen LogP contribution in [0.15, 0.2) is 0 Å². The second-order valence-electron chi connectivity index (χ2n) is 4.40. The van der Waals surface area contributed by atoms with Crippen molar-refractivity contribution in [3.05, 3.63) is 0 Å². The summed E-state index contributed by atoms with van der Waals surface area (Å²) in [7, 11) is 9.71. The maximum Gasteiger partial charge on any atom is 1.00 e. The third-order valence-corrected chi connectivity index (χ3v) is 2.38. The van der Waals surface area contributed by atoms with Gasteiger partial charge in [-0.3, -0.25) is 29.0 Å². The Morgan fingerprint density at radius 2 is 0.880 bits per heavy atom. The number of hydrogen-bond donors (Lipinski definition) is 4. The first-order valence-corrected chi connectivity index (χ1v) is 10.8. The fraction of sp³-hybridized carbons (Fsp3) is 0.636. The number of aliphatic carboxylic acids is 4. The van der Waals surface area contributed by atoms with Crippen molar-refractivity contribution in [2.45, 2.75) is 6.42 Å². The van der Waals surface area contributed by atoms with Crippen LogP contribution in [0.5, 0.6) is 0 Å². The molecule has 0 saturated carbocycles. The van der Waals surface area contributed by atoms with Gasteiger partial charge in [-0.15, -0.1) is 0 Å². The van der Waals surface area contributed by atoms with E-state index in [0.717, 1.165) is 0 Å². The molecule has 0 aliphatic rings. The number of carboxylic acid groups (broad SMARTS) is 4. The van der Waals surface area contributed by atoms with Gasteiger partial charge >= 0.3 is 110 Å². The zero-order valence-corrected chi connectivity index (χ0v) is 19.7. The van der Waals surface area contributed by atoms with Crippen molar-refractivity contribution >= 4 is 43.3 Å². The van der Waals surface area contributed by atoms with E-state index in [4.69, 9.17) is 39.8 Å². The third-order valence-electron chi connectivity index (χ3n) is 2.38. The van der Waals surface area contributed by atoms with Crippen molar-refractivity contribution in [2.75, 3.05) is 39.3 Å². The molecule has 0 aliphatic heterocycles. The Morgan fingerprint density at radius 3 is 1.04 bits per heavy atom. The summed E-state index contributed by atoms with van der Waals surface area (Å²) in [5, 5.41) is 34.6. The van der Waals surface area contributed by atoms with Gasteiger partial charge in [0.1, 0.15) is 0 Å². The first-order valence-electron chi connectivity index (χ1n) is 6.29. The Labute approximate surface area is 202 Å². The number of nitrogens with zero attached hydrogens (tertiary/aromatic N) is 2. The first kappa shape index (κ1) is 30.4. The van der Waals surface area contributed by atoms with E-state index in [9.17, 15) is 19.2 Å². The van der Waals surface area contributed by atoms with Crippen molar-refractivity contribution in [3.63, 3.8) is 0 Å². The van der Waals surface area contributed by atoms with E-state index in [-0.39, 0.29) is 86.0 Å². The number of carboxylic acids is 4. The molecule has 0 rings (SSSR count). The van der Waals surface area contributed by atoms with Gasteiger partial charge in [-0.2, -0.15) is 0 Å². The molecule has 0 heterocycles. The molecule has 25 heavy (non-hydrogen) atoms. The Bertz CT molecular complexity index is 365. The van der Waals surface area contributed by atoms with Crippen LogP contribution in [0.4, 0.5) is 0 Å². The third kappa shape index (κ3) is 24.6. The summed E-state index contributed by atoms with van der Waals surface area (Å²) in [4.78, 5) is 44.7. The molecule has 14 heteroatoms. The van der Waals surface area contributed by atoms with Crippen LogP contribution in [0, 0.1) is 0 Å². The SMILES string of the molecule is O=C(O)CN(CCCN(CC(=O)O)CC(=O)O)CC(=O)O.[Cl][Ru-][Cl].[K+]. The van der Waals surface area contributed by atoms with Gasteiger partial charge in [0.2, 0.25) is 0 Å². The van der Waals surface area contributed by atoms with E-state index in [1.54, 1.807) is 0 Å². The molecule has 0 aromatic heterocycles. The fourth-order valence-electron chi connectivity index (χ4n) is 1.71. The molecule has 0 aromatic carbocycles. The molecule has 0 aromatic rings. The van der Waals surface area contributed by atoms with Crippen molar-refractivity contribution in [2.24, 2.45) is 0 Å². The smallest absolute Gasteiger partial charge is 1.00 e. The number of rotatable bonds is 12.